The van der Waals surface area contributed by atoms with Crippen molar-refractivity contribution in [2.75, 3.05) is 13.1 Å². The summed E-state index contributed by atoms with van der Waals surface area (Å²) in [5.41, 5.74) is 0.177. The van der Waals surface area contributed by atoms with Gasteiger partial charge in [-0.05, 0) is 50.0 Å². The number of benzene rings is 1. The van der Waals surface area contributed by atoms with Gasteiger partial charge in [0.25, 0.3) is 0 Å². The molecule has 0 spiro atoms. The summed E-state index contributed by atoms with van der Waals surface area (Å²) in [6, 6.07) is 7.68. The number of carboxylic acid groups (broad SMARTS) is 1. The number of nitrogens with one attached hydrogen (secondary N) is 1. The average Bonchev–Trinajstić information content (AvgIpc) is 2.55. The van der Waals surface area contributed by atoms with Crippen LogP contribution in [0.2, 0.25) is 0 Å². The van der Waals surface area contributed by atoms with Gasteiger partial charge in [-0.15, -0.1) is 0 Å². The normalized spacial score (nSPS) is 25.2. The highest BCUT2D eigenvalue weighted by Crippen LogP contribution is 2.35. The lowest BCUT2D eigenvalue weighted by atomic mass is 9.74. The summed E-state index contributed by atoms with van der Waals surface area (Å²) in [5.74, 6) is -0.709. The molecule has 1 saturated heterocycles. The van der Waals surface area contributed by atoms with Crippen molar-refractivity contribution < 1.29 is 9.90 Å². The third kappa shape index (κ3) is 2.53. The number of carbonyl (C=O) groups is 1. The molecule has 17 heavy (non-hydrogen) atoms. The van der Waals surface area contributed by atoms with Crippen molar-refractivity contribution in [3.05, 3.63) is 34.3 Å². The molecule has 1 aliphatic heterocycles. The van der Waals surface area contributed by atoms with Crippen LogP contribution in [0, 0.1) is 0 Å². The van der Waals surface area contributed by atoms with E-state index in [1.165, 1.54) is 0 Å². The fourth-order valence-electron chi connectivity index (χ4n) is 2.48. The molecule has 92 valence electrons. The van der Waals surface area contributed by atoms with E-state index in [1.807, 2.05) is 24.3 Å². The zero-order valence-corrected chi connectivity index (χ0v) is 11.2. The van der Waals surface area contributed by atoms with Gasteiger partial charge in [-0.1, -0.05) is 28.1 Å². The fourth-order valence-corrected chi connectivity index (χ4v) is 2.88. The Balaban J connectivity index is 2.42. The smallest absolute Gasteiger partial charge is 0.314 e. The highest BCUT2D eigenvalue weighted by atomic mass is 79.9. The van der Waals surface area contributed by atoms with E-state index in [0.29, 0.717) is 12.8 Å². The predicted octanol–water partition coefficient (Wildman–Crippen LogP) is 2.55. The first-order valence-electron chi connectivity index (χ1n) is 5.85. The van der Waals surface area contributed by atoms with Gasteiger partial charge >= 0.3 is 5.97 Å². The number of halogens is 1. The highest BCUT2D eigenvalue weighted by Gasteiger charge is 2.40. The highest BCUT2D eigenvalue weighted by molar-refractivity contribution is 9.10. The molecule has 1 fully saturated rings. The Labute approximate surface area is 109 Å². The molecule has 1 aromatic rings. The van der Waals surface area contributed by atoms with Crippen molar-refractivity contribution >= 4 is 21.9 Å². The van der Waals surface area contributed by atoms with Gasteiger partial charge in [0.2, 0.25) is 0 Å². The SMILES string of the molecule is O=C(O)C1(c2cccc(Br)c2)CCCNCC1. The largest absolute Gasteiger partial charge is 0.481 e. The first-order chi connectivity index (χ1) is 8.15. The first kappa shape index (κ1) is 12.6. The third-order valence-electron chi connectivity index (χ3n) is 3.47. The molecule has 3 nitrogen and oxygen atoms in total. The molecule has 0 aromatic heterocycles. The summed E-state index contributed by atoms with van der Waals surface area (Å²) in [6.07, 6.45) is 2.25. The first-order valence-corrected chi connectivity index (χ1v) is 6.65. The molecule has 1 heterocycles. The molecule has 1 aromatic carbocycles. The second kappa shape index (κ2) is 5.19. The maximum absolute atomic E-state index is 11.7. The Morgan fingerprint density at radius 1 is 1.35 bits per heavy atom. The number of carboxylic acids is 1. The number of aliphatic carboxylic acids is 1. The molecule has 0 radical (unpaired) electrons. The summed E-state index contributed by atoms with van der Waals surface area (Å²) in [6.45, 7) is 1.67. The molecule has 2 rings (SSSR count). The van der Waals surface area contributed by atoms with Crippen molar-refractivity contribution in [3.63, 3.8) is 0 Å². The van der Waals surface area contributed by atoms with Gasteiger partial charge < -0.3 is 10.4 Å². The van der Waals surface area contributed by atoms with Crippen molar-refractivity contribution in [2.24, 2.45) is 0 Å². The lowest BCUT2D eigenvalue weighted by Crippen LogP contribution is -2.36. The minimum absolute atomic E-state index is 0.652. The number of rotatable bonds is 2. The van der Waals surface area contributed by atoms with E-state index in [9.17, 15) is 9.90 Å². The number of hydrogen-bond acceptors (Lipinski definition) is 2. The molecule has 1 atom stereocenters. The summed E-state index contributed by atoms with van der Waals surface area (Å²) in [4.78, 5) is 11.7. The monoisotopic (exact) mass is 297 g/mol. The van der Waals surface area contributed by atoms with Gasteiger partial charge in [0.05, 0.1) is 5.41 Å². The Morgan fingerprint density at radius 2 is 2.18 bits per heavy atom. The molecule has 0 saturated carbocycles. The molecule has 1 aliphatic rings. The Bertz CT molecular complexity index is 412. The van der Waals surface area contributed by atoms with Crippen LogP contribution in [0.5, 0.6) is 0 Å². The van der Waals surface area contributed by atoms with Gasteiger partial charge in [0.1, 0.15) is 0 Å². The average molecular weight is 298 g/mol. The van der Waals surface area contributed by atoms with Gasteiger partial charge in [0, 0.05) is 4.47 Å². The molecular weight excluding hydrogens is 282 g/mol. The molecule has 4 heteroatoms. The maximum atomic E-state index is 11.7. The van der Waals surface area contributed by atoms with E-state index < -0.39 is 11.4 Å². The standard InChI is InChI=1S/C13H16BrNO2/c14-11-4-1-3-10(9-11)13(12(16)17)5-2-7-15-8-6-13/h1,3-4,9,15H,2,5-8H2,(H,16,17). The van der Waals surface area contributed by atoms with Crippen LogP contribution >= 0.6 is 15.9 Å². The van der Waals surface area contributed by atoms with Crippen LogP contribution in [0.4, 0.5) is 0 Å². The van der Waals surface area contributed by atoms with Crippen molar-refractivity contribution in [1.82, 2.24) is 5.32 Å². The zero-order valence-electron chi connectivity index (χ0n) is 9.58. The zero-order chi connectivity index (χ0) is 12.3. The van der Waals surface area contributed by atoms with Crippen molar-refractivity contribution in [1.29, 1.82) is 0 Å². The van der Waals surface area contributed by atoms with Crippen molar-refractivity contribution in [2.45, 2.75) is 24.7 Å². The van der Waals surface area contributed by atoms with Crippen LogP contribution in [0.25, 0.3) is 0 Å². The Hall–Kier alpha value is -0.870. The lowest BCUT2D eigenvalue weighted by molar-refractivity contribution is -0.144. The van der Waals surface area contributed by atoms with Gasteiger partial charge in [-0.3, -0.25) is 4.79 Å². The third-order valence-corrected chi connectivity index (χ3v) is 3.97. The Kier molecular flexibility index (Phi) is 3.84. The fraction of sp³-hybridized carbons (Fsp3) is 0.462. The molecule has 1 unspecified atom stereocenters. The van der Waals surface area contributed by atoms with E-state index in [1.54, 1.807) is 0 Å². The second-order valence-corrected chi connectivity index (χ2v) is 5.42. The summed E-state index contributed by atoms with van der Waals surface area (Å²) in [5, 5.41) is 12.9. The molecular formula is C13H16BrNO2. The van der Waals surface area contributed by atoms with E-state index in [0.717, 1.165) is 29.5 Å². The minimum atomic E-state index is -0.729. The van der Waals surface area contributed by atoms with E-state index >= 15 is 0 Å². The predicted molar refractivity (Wildman–Crippen MR) is 70.2 cm³/mol. The van der Waals surface area contributed by atoms with Crippen LogP contribution in [-0.4, -0.2) is 24.2 Å². The summed E-state index contributed by atoms with van der Waals surface area (Å²) < 4.78 is 0.938. The van der Waals surface area contributed by atoms with Gasteiger partial charge in [0.15, 0.2) is 0 Å². The van der Waals surface area contributed by atoms with E-state index in [2.05, 4.69) is 21.2 Å². The van der Waals surface area contributed by atoms with Crippen molar-refractivity contribution in [3.8, 4) is 0 Å². The van der Waals surface area contributed by atoms with Crippen LogP contribution in [0.1, 0.15) is 24.8 Å². The van der Waals surface area contributed by atoms with E-state index in [4.69, 9.17) is 0 Å². The molecule has 0 aliphatic carbocycles. The lowest BCUT2D eigenvalue weighted by Gasteiger charge is -2.28. The van der Waals surface area contributed by atoms with E-state index in [-0.39, 0.29) is 0 Å². The van der Waals surface area contributed by atoms with Gasteiger partial charge in [-0.25, -0.2) is 0 Å². The topological polar surface area (TPSA) is 49.3 Å². The molecule has 0 amide bonds. The van der Waals surface area contributed by atoms with Crippen LogP contribution < -0.4 is 5.32 Å². The van der Waals surface area contributed by atoms with Crippen LogP contribution in [-0.2, 0) is 10.2 Å². The summed E-state index contributed by atoms with van der Waals surface area (Å²) in [7, 11) is 0. The number of hydrogen-bond donors (Lipinski definition) is 2. The Morgan fingerprint density at radius 3 is 2.88 bits per heavy atom. The van der Waals surface area contributed by atoms with Crippen LogP contribution in [0.3, 0.4) is 0 Å². The quantitative estimate of drug-likeness (QED) is 0.882. The summed E-state index contributed by atoms with van der Waals surface area (Å²) >= 11 is 3.41. The van der Waals surface area contributed by atoms with Gasteiger partial charge in [-0.2, -0.15) is 0 Å². The molecule has 2 N–H and O–H groups in total. The minimum Gasteiger partial charge on any atom is -0.481 e. The van der Waals surface area contributed by atoms with Crippen LogP contribution in [0.15, 0.2) is 28.7 Å². The second-order valence-electron chi connectivity index (χ2n) is 4.50. The molecule has 0 bridgehead atoms. The maximum Gasteiger partial charge on any atom is 0.314 e.